The van der Waals surface area contributed by atoms with Crippen LogP contribution in [0.1, 0.15) is 5.56 Å². The summed E-state index contributed by atoms with van der Waals surface area (Å²) >= 11 is 4.97. The summed E-state index contributed by atoms with van der Waals surface area (Å²) in [7, 11) is -0.124. The minimum Gasteiger partial charge on any atom is -0.304 e. The Morgan fingerprint density at radius 3 is 2.13 bits per heavy atom. The van der Waals surface area contributed by atoms with Gasteiger partial charge in [-0.15, -0.1) is 0 Å². The van der Waals surface area contributed by atoms with Crippen molar-refractivity contribution in [2.24, 2.45) is 4.41 Å². The van der Waals surface area contributed by atoms with Gasteiger partial charge in [-0.1, -0.05) is 75.5 Å². The van der Waals surface area contributed by atoms with Crippen LogP contribution in [0.5, 0.6) is 0 Å². The van der Waals surface area contributed by atoms with E-state index < -0.39 is 8.24 Å². The first-order valence-electron chi connectivity index (χ1n) is 4.69. The molecule has 0 fully saturated rings. The lowest BCUT2D eigenvalue weighted by atomic mass is 10.2. The Morgan fingerprint density at radius 1 is 1.13 bits per heavy atom. The van der Waals surface area contributed by atoms with Crippen molar-refractivity contribution in [3.05, 3.63) is 35.9 Å². The van der Waals surface area contributed by atoms with Crippen LogP contribution in [0.25, 0.3) is 0 Å². The largest absolute Gasteiger partial charge is 0.304 e. The van der Waals surface area contributed by atoms with Crippen molar-refractivity contribution in [3.63, 3.8) is 0 Å². The van der Waals surface area contributed by atoms with E-state index in [0.717, 1.165) is 0 Å². The van der Waals surface area contributed by atoms with E-state index in [0.29, 0.717) is 0 Å². The van der Waals surface area contributed by atoms with Gasteiger partial charge in [-0.05, 0) is 25.2 Å². The highest BCUT2D eigenvalue weighted by atomic mass is 127. The molecule has 0 saturated heterocycles. The third-order valence-electron chi connectivity index (χ3n) is 1.60. The van der Waals surface area contributed by atoms with Crippen molar-refractivity contribution >= 4 is 61.8 Å². The molecule has 0 aliphatic carbocycles. The highest BCUT2D eigenvalue weighted by Crippen LogP contribution is 2.50. The maximum absolute atomic E-state index is 4.80. The average molecular weight is 461 g/mol. The van der Waals surface area contributed by atoms with Gasteiger partial charge >= 0.3 is 0 Å². The number of rotatable bonds is 3. The molecule has 0 spiro atoms. The van der Waals surface area contributed by atoms with Gasteiger partial charge in [-0.2, -0.15) is 0 Å². The molecule has 1 aromatic rings. The molecule has 0 aliphatic heterocycles. The zero-order valence-corrected chi connectivity index (χ0v) is 15.2. The Bertz CT molecular complexity index is 346. The van der Waals surface area contributed by atoms with E-state index in [2.05, 4.69) is 95.2 Å². The minimum atomic E-state index is -1.30. The Morgan fingerprint density at radius 2 is 1.67 bits per heavy atom. The van der Waals surface area contributed by atoms with Gasteiger partial charge in [0.25, 0.3) is 0 Å². The molecule has 1 aromatic carbocycles. The van der Waals surface area contributed by atoms with E-state index in [1.54, 1.807) is 0 Å². The Balaban J connectivity index is 2.90. The molecule has 0 N–H and O–H groups in total. The predicted molar refractivity (Wildman–Crippen MR) is 88.9 cm³/mol. The third kappa shape index (κ3) is 5.24. The number of nitrogens with zero attached hydrogens (tertiary/aromatic N) is 1. The zero-order valence-electron chi connectivity index (χ0n) is 9.04. The van der Waals surface area contributed by atoms with Crippen molar-refractivity contribution in [2.45, 2.75) is 20.8 Å². The molecule has 1 rings (SSSR count). The second-order valence-corrected chi connectivity index (χ2v) is 17.3. The van der Waals surface area contributed by atoms with Gasteiger partial charge in [0.1, 0.15) is 0 Å². The van der Waals surface area contributed by atoms with Crippen molar-refractivity contribution in [1.29, 1.82) is 0 Å². The monoisotopic (exact) mass is 461 g/mol. The molecule has 0 radical (unpaired) electrons. The van der Waals surface area contributed by atoms with E-state index in [1.165, 1.54) is 13.9 Å². The van der Waals surface area contributed by atoms with Crippen LogP contribution < -0.4 is 0 Å². The molecule has 0 atom stereocenters. The topological polar surface area (TPSA) is 12.4 Å². The molecule has 15 heavy (non-hydrogen) atoms. The summed E-state index contributed by atoms with van der Waals surface area (Å²) in [5.74, 6) is 0. The van der Waals surface area contributed by atoms with Crippen molar-refractivity contribution in [2.75, 3.05) is 0 Å². The van der Waals surface area contributed by atoms with Gasteiger partial charge in [-0.25, -0.2) is 0 Å². The van der Waals surface area contributed by atoms with Gasteiger partial charge in [0, 0.05) is 8.37 Å². The van der Waals surface area contributed by atoms with Gasteiger partial charge in [0.15, 0.2) is 9.41 Å². The first-order valence-corrected chi connectivity index (χ1v) is 11.1. The fraction of sp³-hybridized carbons (Fsp3) is 0.400. The highest BCUT2D eigenvalue weighted by Gasteiger charge is 2.24. The van der Waals surface area contributed by atoms with Crippen molar-refractivity contribution < 1.29 is 0 Å². The summed E-state index contributed by atoms with van der Waals surface area (Å²) in [4.78, 5) is 0. The lowest BCUT2D eigenvalue weighted by molar-refractivity contribution is 1.38. The van der Waals surface area contributed by atoms with Crippen LogP contribution in [0, 0.1) is 0 Å². The Labute approximate surface area is 122 Å². The molecule has 0 bridgehead atoms. The van der Waals surface area contributed by atoms with Crippen LogP contribution in [0.2, 0.25) is 19.6 Å². The number of hydrogen-bond acceptors (Lipinski definition) is 1. The van der Waals surface area contributed by atoms with Crippen LogP contribution in [-0.2, 0) is 1.17 Å². The molecule has 1 nitrogen and oxygen atoms in total. The molecule has 0 heterocycles. The maximum atomic E-state index is 4.80. The number of halogens is 2. The van der Waals surface area contributed by atoms with Gasteiger partial charge in [-0.3, -0.25) is 0 Å². The van der Waals surface area contributed by atoms with Crippen LogP contribution >= 0.6 is 53.6 Å². The molecule has 0 unspecified atom stereocenters. The highest BCUT2D eigenvalue weighted by molar-refractivity contribution is 14.2. The molecule has 0 aromatic heterocycles. The molecule has 0 saturated carbocycles. The smallest absolute Gasteiger partial charge is 0.178 e. The summed E-state index contributed by atoms with van der Waals surface area (Å²) in [6.07, 6.45) is 0. The van der Waals surface area contributed by atoms with E-state index in [-0.39, 0.29) is 1.17 Å². The zero-order chi connectivity index (χ0) is 11.5. The Kier molecular flexibility index (Phi) is 5.21. The molecule has 82 valence electrons. The van der Waals surface area contributed by atoms with Gasteiger partial charge in [0.05, 0.1) is 0 Å². The SMILES string of the molecule is C[Si](C)(C)N=PC(I)(I)c1ccccc1. The van der Waals surface area contributed by atoms with Gasteiger partial charge in [0.2, 0.25) is 0 Å². The standard InChI is InChI=1S/C10H14I2NPSi/c1-15(2,3)13-14-10(11,12)9-7-5-4-6-8-9/h4-8H,1-3H3. The minimum absolute atomic E-state index is 0.0804. The third-order valence-corrected chi connectivity index (χ3v) is 7.45. The molecule has 5 heteroatoms. The van der Waals surface area contributed by atoms with Crippen molar-refractivity contribution in [3.8, 4) is 0 Å². The number of benzene rings is 1. The quantitative estimate of drug-likeness (QED) is 0.240. The normalized spacial score (nSPS) is 13.4. The second-order valence-electron chi connectivity index (χ2n) is 4.28. The van der Waals surface area contributed by atoms with Gasteiger partial charge < -0.3 is 4.41 Å². The van der Waals surface area contributed by atoms with Crippen LogP contribution in [0.15, 0.2) is 34.7 Å². The van der Waals surface area contributed by atoms with Crippen molar-refractivity contribution in [1.82, 2.24) is 0 Å². The lowest BCUT2D eigenvalue weighted by Gasteiger charge is -2.17. The lowest BCUT2D eigenvalue weighted by Crippen LogP contribution is -2.14. The predicted octanol–water partition coefficient (Wildman–Crippen LogP) is 5.63. The number of alkyl halides is 2. The maximum Gasteiger partial charge on any atom is 0.178 e. The first kappa shape index (κ1) is 14.1. The Hall–Kier alpha value is 0.997. The number of hydrogen-bond donors (Lipinski definition) is 0. The summed E-state index contributed by atoms with van der Waals surface area (Å²) in [6.45, 7) is 6.82. The van der Waals surface area contributed by atoms with Crippen LogP contribution in [0.3, 0.4) is 0 Å². The fourth-order valence-electron chi connectivity index (χ4n) is 0.909. The van der Waals surface area contributed by atoms with E-state index in [9.17, 15) is 0 Å². The summed E-state index contributed by atoms with van der Waals surface area (Å²) in [5, 5.41) is 0. The fourth-order valence-corrected chi connectivity index (χ4v) is 5.54. The molecular formula is C10H14I2NPSi. The average Bonchev–Trinajstić information content (AvgIpc) is 2.16. The molecule has 0 amide bonds. The van der Waals surface area contributed by atoms with Crippen LogP contribution in [0.4, 0.5) is 0 Å². The summed E-state index contributed by atoms with van der Waals surface area (Å²) < 4.78 is 4.88. The van der Waals surface area contributed by atoms with E-state index in [4.69, 9.17) is 4.41 Å². The summed E-state index contributed by atoms with van der Waals surface area (Å²) in [6, 6.07) is 10.6. The van der Waals surface area contributed by atoms with Crippen LogP contribution in [-0.4, -0.2) is 8.24 Å². The van der Waals surface area contributed by atoms with E-state index >= 15 is 0 Å². The first-order chi connectivity index (χ1) is 6.81. The van der Waals surface area contributed by atoms with E-state index in [1.807, 2.05) is 0 Å². The summed E-state index contributed by atoms with van der Waals surface area (Å²) in [5.41, 5.74) is 1.34. The molecular weight excluding hydrogens is 447 g/mol. The second kappa shape index (κ2) is 5.56. The molecule has 0 aliphatic rings.